The van der Waals surface area contributed by atoms with E-state index in [0.717, 1.165) is 51.2 Å². The molecule has 1 saturated heterocycles. The Labute approximate surface area is 221 Å². The Balaban J connectivity index is 0.000000599. The summed E-state index contributed by atoms with van der Waals surface area (Å²) in [6, 6.07) is 6.53. The highest BCUT2D eigenvalue weighted by Crippen LogP contribution is 2.23. The fourth-order valence-electron chi connectivity index (χ4n) is 4.22. The molecule has 0 radical (unpaired) electrons. The van der Waals surface area contributed by atoms with Gasteiger partial charge in [-0.05, 0) is 57.0 Å². The van der Waals surface area contributed by atoms with Crippen LogP contribution in [0.5, 0.6) is 0 Å². The maximum absolute atomic E-state index is 12.2. The summed E-state index contributed by atoms with van der Waals surface area (Å²) in [5, 5.41) is 20.3. The normalized spacial score (nSPS) is 13.7. The summed E-state index contributed by atoms with van der Waals surface area (Å²) in [6.07, 6.45) is 6.23. The molecule has 4 rings (SSSR count). The van der Waals surface area contributed by atoms with Gasteiger partial charge in [0.2, 0.25) is 0 Å². The van der Waals surface area contributed by atoms with Crippen molar-refractivity contribution < 1.29 is 29.3 Å². The summed E-state index contributed by atoms with van der Waals surface area (Å²) < 4.78 is 7.30. The second-order valence-electron chi connectivity index (χ2n) is 10.3. The number of nitrogens with zero attached hydrogens (tertiary/aromatic N) is 5. The lowest BCUT2D eigenvalue weighted by atomic mass is 9.99. The number of ether oxygens (including phenoxy) is 1. The van der Waals surface area contributed by atoms with Crippen LogP contribution in [0.2, 0.25) is 0 Å². The molecule has 3 heterocycles. The maximum Gasteiger partial charge on any atom is 0.414 e. The molecule has 38 heavy (non-hydrogen) atoms. The third kappa shape index (κ3) is 8.30. The summed E-state index contributed by atoms with van der Waals surface area (Å²) in [5.74, 6) is -3.13. The highest BCUT2D eigenvalue weighted by atomic mass is 16.6. The van der Waals surface area contributed by atoms with E-state index in [9.17, 15) is 4.79 Å². The van der Waals surface area contributed by atoms with Gasteiger partial charge in [-0.15, -0.1) is 0 Å². The summed E-state index contributed by atoms with van der Waals surface area (Å²) in [4.78, 5) is 42.1. The number of fused-ring (bicyclic) bond motifs is 1. The molecule has 0 atom stereocenters. The number of carbonyl (C=O) groups is 3. The molecule has 1 aliphatic heterocycles. The SMILES string of the molecule is CCN(CCc1c[nH]c2ccc(Cn3cncn3)cc12)CC1CN(C(=O)OC(C)(C)C)C1.O=C(O)C(=O)O. The third-order valence-corrected chi connectivity index (χ3v) is 6.10. The van der Waals surface area contributed by atoms with E-state index in [1.807, 2.05) is 25.5 Å². The van der Waals surface area contributed by atoms with E-state index < -0.39 is 17.5 Å². The van der Waals surface area contributed by atoms with Crippen LogP contribution in [0.1, 0.15) is 38.8 Å². The number of carbonyl (C=O) groups excluding carboxylic acids is 1. The number of hydrogen-bond acceptors (Lipinski definition) is 7. The van der Waals surface area contributed by atoms with Crippen LogP contribution in [0.15, 0.2) is 37.1 Å². The zero-order valence-corrected chi connectivity index (χ0v) is 22.3. The molecular weight excluding hydrogens is 492 g/mol. The Morgan fingerprint density at radius 3 is 2.47 bits per heavy atom. The van der Waals surface area contributed by atoms with Gasteiger partial charge in [-0.3, -0.25) is 0 Å². The largest absolute Gasteiger partial charge is 0.473 e. The highest BCUT2D eigenvalue weighted by molar-refractivity contribution is 6.27. The standard InChI is InChI=1S/C24H34N6O2.C2H2O4/c1-5-28(12-19-13-29(14-19)23(31)32-24(2,3)4)9-8-20-11-26-22-7-6-18(10-21(20)22)15-30-17-25-16-27-30;3-1(4)2(5)6/h6-7,10-11,16-17,19,26H,5,8-9,12-15H2,1-4H3;(H,3,4)(H,5,6). The molecular formula is C26H36N6O6. The second-order valence-corrected chi connectivity index (χ2v) is 10.3. The Kier molecular flexibility index (Phi) is 9.45. The molecule has 0 bridgehead atoms. The van der Waals surface area contributed by atoms with Gasteiger partial charge in [-0.2, -0.15) is 5.10 Å². The van der Waals surface area contributed by atoms with Crippen molar-refractivity contribution in [2.75, 3.05) is 32.7 Å². The molecule has 1 aliphatic rings. The topological polar surface area (TPSA) is 154 Å². The van der Waals surface area contributed by atoms with Crippen molar-refractivity contribution in [2.45, 2.75) is 46.3 Å². The number of aliphatic carboxylic acids is 2. The van der Waals surface area contributed by atoms with Gasteiger partial charge in [0.1, 0.15) is 18.3 Å². The van der Waals surface area contributed by atoms with Crippen LogP contribution in [0.25, 0.3) is 10.9 Å². The molecule has 12 heteroatoms. The van der Waals surface area contributed by atoms with E-state index in [4.69, 9.17) is 24.5 Å². The number of aromatic nitrogens is 4. The first-order valence-electron chi connectivity index (χ1n) is 12.5. The van der Waals surface area contributed by atoms with Crippen LogP contribution < -0.4 is 0 Å². The van der Waals surface area contributed by atoms with Gasteiger partial charge in [0.25, 0.3) is 0 Å². The second kappa shape index (κ2) is 12.5. The van der Waals surface area contributed by atoms with Crippen LogP contribution in [0.4, 0.5) is 4.79 Å². The highest BCUT2D eigenvalue weighted by Gasteiger charge is 2.34. The predicted octanol–water partition coefficient (Wildman–Crippen LogP) is 2.69. The van der Waals surface area contributed by atoms with E-state index in [2.05, 4.69) is 51.3 Å². The molecule has 0 spiro atoms. The van der Waals surface area contributed by atoms with Crippen molar-refractivity contribution >= 4 is 28.9 Å². The minimum absolute atomic E-state index is 0.197. The van der Waals surface area contributed by atoms with Crippen LogP contribution in [-0.4, -0.2) is 96.1 Å². The first-order valence-corrected chi connectivity index (χ1v) is 12.5. The van der Waals surface area contributed by atoms with Gasteiger partial charge >= 0.3 is 18.0 Å². The van der Waals surface area contributed by atoms with Crippen molar-refractivity contribution in [3.8, 4) is 0 Å². The minimum atomic E-state index is -1.82. The molecule has 0 aliphatic carbocycles. The van der Waals surface area contributed by atoms with Crippen molar-refractivity contribution in [3.63, 3.8) is 0 Å². The minimum Gasteiger partial charge on any atom is -0.473 e. The maximum atomic E-state index is 12.2. The molecule has 1 fully saturated rings. The van der Waals surface area contributed by atoms with Gasteiger partial charge in [-0.25, -0.2) is 24.0 Å². The van der Waals surface area contributed by atoms with E-state index in [-0.39, 0.29) is 6.09 Å². The number of benzene rings is 1. The zero-order chi connectivity index (χ0) is 27.9. The Morgan fingerprint density at radius 1 is 1.18 bits per heavy atom. The monoisotopic (exact) mass is 528 g/mol. The van der Waals surface area contributed by atoms with Crippen LogP contribution in [-0.2, 0) is 27.3 Å². The fourth-order valence-corrected chi connectivity index (χ4v) is 4.22. The molecule has 0 saturated carbocycles. The van der Waals surface area contributed by atoms with Gasteiger partial charge in [0, 0.05) is 49.2 Å². The van der Waals surface area contributed by atoms with E-state index in [1.165, 1.54) is 16.5 Å². The lowest BCUT2D eigenvalue weighted by molar-refractivity contribution is -0.159. The summed E-state index contributed by atoms with van der Waals surface area (Å²) in [6.45, 7) is 13.2. The van der Waals surface area contributed by atoms with Crippen molar-refractivity contribution in [1.82, 2.24) is 29.5 Å². The lowest BCUT2D eigenvalue weighted by Gasteiger charge is -2.41. The number of nitrogens with one attached hydrogen (secondary N) is 1. The van der Waals surface area contributed by atoms with Crippen LogP contribution in [0, 0.1) is 5.92 Å². The van der Waals surface area contributed by atoms with Crippen LogP contribution in [0.3, 0.4) is 0 Å². The van der Waals surface area contributed by atoms with E-state index in [1.54, 1.807) is 17.6 Å². The van der Waals surface area contributed by atoms with Crippen molar-refractivity contribution in [3.05, 3.63) is 48.2 Å². The number of aromatic amines is 1. The smallest absolute Gasteiger partial charge is 0.414 e. The number of rotatable bonds is 8. The lowest BCUT2D eigenvalue weighted by Crippen LogP contribution is -2.55. The molecule has 12 nitrogen and oxygen atoms in total. The fraction of sp³-hybridized carbons (Fsp3) is 0.500. The summed E-state index contributed by atoms with van der Waals surface area (Å²) >= 11 is 0. The Bertz CT molecular complexity index is 1210. The average Bonchev–Trinajstić information content (AvgIpc) is 3.46. The number of amides is 1. The van der Waals surface area contributed by atoms with E-state index in [0.29, 0.717) is 5.92 Å². The number of carboxylic acid groups (broad SMARTS) is 2. The van der Waals surface area contributed by atoms with Crippen LogP contribution >= 0.6 is 0 Å². The molecule has 1 aromatic carbocycles. The van der Waals surface area contributed by atoms with Crippen molar-refractivity contribution in [2.24, 2.45) is 5.92 Å². The van der Waals surface area contributed by atoms with Gasteiger partial charge in [0.05, 0.1) is 6.54 Å². The summed E-state index contributed by atoms with van der Waals surface area (Å²) in [7, 11) is 0. The molecule has 3 N–H and O–H groups in total. The van der Waals surface area contributed by atoms with E-state index >= 15 is 0 Å². The number of hydrogen-bond donors (Lipinski definition) is 3. The summed E-state index contributed by atoms with van der Waals surface area (Å²) in [5.41, 5.74) is 3.28. The van der Waals surface area contributed by atoms with Crippen molar-refractivity contribution in [1.29, 1.82) is 0 Å². The number of likely N-dealkylation sites (N-methyl/N-ethyl adjacent to an activating group) is 1. The van der Waals surface area contributed by atoms with Gasteiger partial charge in [0.15, 0.2) is 0 Å². The number of H-pyrrole nitrogens is 1. The number of likely N-dealkylation sites (tertiary alicyclic amines) is 1. The first kappa shape index (κ1) is 28.6. The molecule has 2 aromatic heterocycles. The number of carboxylic acids is 2. The molecule has 206 valence electrons. The molecule has 3 aromatic rings. The predicted molar refractivity (Wildman–Crippen MR) is 140 cm³/mol. The third-order valence-electron chi connectivity index (χ3n) is 6.10. The average molecular weight is 529 g/mol. The molecule has 0 unspecified atom stereocenters. The zero-order valence-electron chi connectivity index (χ0n) is 22.3. The van der Waals surface area contributed by atoms with Gasteiger partial charge in [-0.1, -0.05) is 13.0 Å². The van der Waals surface area contributed by atoms with Gasteiger partial charge < -0.3 is 29.7 Å². The molecule has 1 amide bonds. The quantitative estimate of drug-likeness (QED) is 0.374. The Hall–Kier alpha value is -3.93. The Morgan fingerprint density at radius 2 is 1.89 bits per heavy atom. The first-order chi connectivity index (χ1) is 17.9.